The fourth-order valence-corrected chi connectivity index (χ4v) is 2.19. The van der Waals surface area contributed by atoms with Crippen molar-refractivity contribution in [2.24, 2.45) is 5.92 Å². The SMILES string of the molecule is CC(C)CN1CC(C)NC(CCC(=O)O)C1=O. The Bertz CT molecular complexity index is 289. The van der Waals surface area contributed by atoms with Crippen molar-refractivity contribution in [2.45, 2.75) is 45.7 Å². The van der Waals surface area contributed by atoms with Gasteiger partial charge in [0.25, 0.3) is 0 Å². The maximum Gasteiger partial charge on any atom is 0.303 e. The van der Waals surface area contributed by atoms with Crippen molar-refractivity contribution in [3.63, 3.8) is 0 Å². The molecule has 1 aliphatic heterocycles. The second kappa shape index (κ2) is 6.00. The molecule has 0 aromatic heterocycles. The number of hydrogen-bond donors (Lipinski definition) is 2. The van der Waals surface area contributed by atoms with E-state index in [0.29, 0.717) is 18.9 Å². The highest BCUT2D eigenvalue weighted by Crippen LogP contribution is 2.12. The molecule has 1 aliphatic rings. The van der Waals surface area contributed by atoms with Crippen molar-refractivity contribution in [2.75, 3.05) is 13.1 Å². The molecule has 0 spiro atoms. The van der Waals surface area contributed by atoms with Gasteiger partial charge in [0, 0.05) is 25.6 Å². The van der Waals surface area contributed by atoms with E-state index in [1.54, 1.807) is 0 Å². The zero-order valence-electron chi connectivity index (χ0n) is 10.8. The van der Waals surface area contributed by atoms with Gasteiger partial charge in [-0.25, -0.2) is 0 Å². The Morgan fingerprint density at radius 3 is 2.76 bits per heavy atom. The second-order valence-corrected chi connectivity index (χ2v) is 5.19. The summed E-state index contributed by atoms with van der Waals surface area (Å²) in [6, 6.07) is -0.112. The zero-order chi connectivity index (χ0) is 13.0. The maximum absolute atomic E-state index is 12.1. The molecule has 1 rings (SSSR count). The van der Waals surface area contributed by atoms with Crippen LogP contribution < -0.4 is 5.32 Å². The molecule has 1 heterocycles. The summed E-state index contributed by atoms with van der Waals surface area (Å²) >= 11 is 0. The fourth-order valence-electron chi connectivity index (χ4n) is 2.19. The summed E-state index contributed by atoms with van der Waals surface area (Å²) in [4.78, 5) is 24.5. The third-order valence-electron chi connectivity index (χ3n) is 2.82. The minimum absolute atomic E-state index is 0.0334. The minimum atomic E-state index is -0.853. The van der Waals surface area contributed by atoms with Gasteiger partial charge in [0.15, 0.2) is 0 Å². The van der Waals surface area contributed by atoms with E-state index >= 15 is 0 Å². The number of hydrogen-bond acceptors (Lipinski definition) is 3. The van der Waals surface area contributed by atoms with E-state index < -0.39 is 5.97 Å². The highest BCUT2D eigenvalue weighted by molar-refractivity contribution is 5.83. The lowest BCUT2D eigenvalue weighted by atomic mass is 10.0. The first-order valence-electron chi connectivity index (χ1n) is 6.16. The lowest BCUT2D eigenvalue weighted by Gasteiger charge is -2.37. The molecular weight excluding hydrogens is 220 g/mol. The van der Waals surface area contributed by atoms with E-state index in [4.69, 9.17) is 5.11 Å². The molecule has 0 aliphatic carbocycles. The summed E-state index contributed by atoms with van der Waals surface area (Å²) in [5.41, 5.74) is 0. The molecule has 2 N–H and O–H groups in total. The Balaban J connectivity index is 2.58. The van der Waals surface area contributed by atoms with Gasteiger partial charge in [-0.1, -0.05) is 13.8 Å². The van der Waals surface area contributed by atoms with E-state index in [0.717, 1.165) is 6.54 Å². The normalized spacial score (nSPS) is 25.4. The van der Waals surface area contributed by atoms with E-state index in [1.807, 2.05) is 11.8 Å². The molecule has 1 fully saturated rings. The number of amides is 1. The molecule has 5 heteroatoms. The van der Waals surface area contributed by atoms with Gasteiger partial charge in [-0.15, -0.1) is 0 Å². The smallest absolute Gasteiger partial charge is 0.303 e. The van der Waals surface area contributed by atoms with Crippen molar-refractivity contribution in [1.82, 2.24) is 10.2 Å². The number of carboxylic acid groups (broad SMARTS) is 1. The summed E-state index contributed by atoms with van der Waals surface area (Å²) in [5.74, 6) is -0.379. The number of aliphatic carboxylic acids is 1. The molecule has 2 unspecified atom stereocenters. The van der Waals surface area contributed by atoms with Crippen molar-refractivity contribution in [3.05, 3.63) is 0 Å². The van der Waals surface area contributed by atoms with Crippen LogP contribution in [0.25, 0.3) is 0 Å². The highest BCUT2D eigenvalue weighted by atomic mass is 16.4. The molecule has 5 nitrogen and oxygen atoms in total. The minimum Gasteiger partial charge on any atom is -0.481 e. The third-order valence-corrected chi connectivity index (χ3v) is 2.82. The summed E-state index contributed by atoms with van der Waals surface area (Å²) in [6.07, 6.45) is 0.402. The van der Waals surface area contributed by atoms with Crippen molar-refractivity contribution in [3.8, 4) is 0 Å². The summed E-state index contributed by atoms with van der Waals surface area (Å²) < 4.78 is 0. The van der Waals surface area contributed by atoms with Gasteiger partial charge in [0.2, 0.25) is 5.91 Å². The monoisotopic (exact) mass is 242 g/mol. The third kappa shape index (κ3) is 4.34. The van der Waals surface area contributed by atoms with E-state index in [1.165, 1.54) is 0 Å². The van der Waals surface area contributed by atoms with Gasteiger partial charge in [-0.3, -0.25) is 9.59 Å². The first kappa shape index (κ1) is 14.0. The average molecular weight is 242 g/mol. The highest BCUT2D eigenvalue weighted by Gasteiger charge is 2.31. The first-order chi connectivity index (χ1) is 7.90. The molecule has 1 saturated heterocycles. The van der Waals surface area contributed by atoms with Gasteiger partial charge in [-0.05, 0) is 19.3 Å². The van der Waals surface area contributed by atoms with Gasteiger partial charge >= 0.3 is 5.97 Å². The van der Waals surface area contributed by atoms with Crippen LogP contribution >= 0.6 is 0 Å². The van der Waals surface area contributed by atoms with Crippen LogP contribution in [0, 0.1) is 5.92 Å². The van der Waals surface area contributed by atoms with Crippen LogP contribution in [0.1, 0.15) is 33.6 Å². The number of carbonyl (C=O) groups excluding carboxylic acids is 1. The van der Waals surface area contributed by atoms with Gasteiger partial charge in [0.1, 0.15) is 0 Å². The number of carbonyl (C=O) groups is 2. The lowest BCUT2D eigenvalue weighted by Crippen LogP contribution is -2.59. The van der Waals surface area contributed by atoms with Gasteiger partial charge < -0.3 is 15.3 Å². The zero-order valence-corrected chi connectivity index (χ0v) is 10.8. The van der Waals surface area contributed by atoms with Crippen LogP contribution in [0.5, 0.6) is 0 Å². The van der Waals surface area contributed by atoms with Crippen LogP contribution in [0.15, 0.2) is 0 Å². The van der Waals surface area contributed by atoms with Crippen molar-refractivity contribution < 1.29 is 14.7 Å². The van der Waals surface area contributed by atoms with Crippen molar-refractivity contribution >= 4 is 11.9 Å². The molecular formula is C12H22N2O3. The maximum atomic E-state index is 12.1. The molecule has 2 atom stereocenters. The fraction of sp³-hybridized carbons (Fsp3) is 0.833. The molecule has 1 amide bonds. The molecule has 98 valence electrons. The predicted molar refractivity (Wildman–Crippen MR) is 64.7 cm³/mol. The van der Waals surface area contributed by atoms with Crippen LogP contribution in [-0.2, 0) is 9.59 Å². The Morgan fingerprint density at radius 1 is 1.59 bits per heavy atom. The largest absolute Gasteiger partial charge is 0.481 e. The Labute approximate surface area is 102 Å². The van der Waals surface area contributed by atoms with E-state index in [-0.39, 0.29) is 24.4 Å². The number of rotatable bonds is 5. The first-order valence-corrected chi connectivity index (χ1v) is 6.16. The molecule has 0 saturated carbocycles. The van der Waals surface area contributed by atoms with E-state index in [9.17, 15) is 9.59 Å². The van der Waals surface area contributed by atoms with Crippen LogP contribution in [0.3, 0.4) is 0 Å². The van der Waals surface area contributed by atoms with Crippen LogP contribution in [0.4, 0.5) is 0 Å². The molecule has 0 aromatic carbocycles. The van der Waals surface area contributed by atoms with Crippen LogP contribution in [-0.4, -0.2) is 47.1 Å². The number of carboxylic acids is 1. The molecule has 17 heavy (non-hydrogen) atoms. The molecule has 0 radical (unpaired) electrons. The standard InChI is InChI=1S/C12H22N2O3/c1-8(2)6-14-7-9(3)13-10(12(14)17)4-5-11(15)16/h8-10,13H,4-7H2,1-3H3,(H,15,16). The number of nitrogens with zero attached hydrogens (tertiary/aromatic N) is 1. The quantitative estimate of drug-likeness (QED) is 0.744. The lowest BCUT2D eigenvalue weighted by molar-refractivity contribution is -0.139. The van der Waals surface area contributed by atoms with Crippen molar-refractivity contribution in [1.29, 1.82) is 0 Å². The number of piperazine rings is 1. The Kier molecular flexibility index (Phi) is 4.93. The number of nitrogens with one attached hydrogen (secondary N) is 1. The second-order valence-electron chi connectivity index (χ2n) is 5.19. The average Bonchev–Trinajstić information content (AvgIpc) is 2.19. The molecule has 0 aromatic rings. The van der Waals surface area contributed by atoms with Gasteiger partial charge in [0.05, 0.1) is 6.04 Å². The van der Waals surface area contributed by atoms with Crippen LogP contribution in [0.2, 0.25) is 0 Å². The Morgan fingerprint density at radius 2 is 2.24 bits per heavy atom. The molecule has 0 bridgehead atoms. The summed E-state index contributed by atoms with van der Waals surface area (Å²) in [5, 5.41) is 11.8. The predicted octanol–water partition coefficient (Wildman–Crippen LogP) is 0.696. The Hall–Kier alpha value is -1.10. The van der Waals surface area contributed by atoms with E-state index in [2.05, 4.69) is 19.2 Å². The summed E-state index contributed by atoms with van der Waals surface area (Å²) in [6.45, 7) is 7.63. The summed E-state index contributed by atoms with van der Waals surface area (Å²) in [7, 11) is 0. The van der Waals surface area contributed by atoms with Gasteiger partial charge in [-0.2, -0.15) is 0 Å². The topological polar surface area (TPSA) is 69.6 Å².